The molecule has 0 spiro atoms. The Bertz CT molecular complexity index is 1080. The number of aliphatic hydroxyl groups excluding tert-OH is 1. The highest BCUT2D eigenvalue weighted by Gasteiger charge is 2.46. The van der Waals surface area contributed by atoms with E-state index in [-0.39, 0.29) is 11.3 Å². The van der Waals surface area contributed by atoms with Gasteiger partial charge in [-0.05, 0) is 69.4 Å². The van der Waals surface area contributed by atoms with Crippen LogP contribution in [0.15, 0.2) is 48.0 Å². The molecular formula is C27H34N2O6. The summed E-state index contributed by atoms with van der Waals surface area (Å²) in [6.07, 6.45) is 0.845. The lowest BCUT2D eigenvalue weighted by Crippen LogP contribution is -2.35. The van der Waals surface area contributed by atoms with Gasteiger partial charge >= 0.3 is 0 Å². The Kier molecular flexibility index (Phi) is 8.76. The number of hydrogen-bond acceptors (Lipinski definition) is 7. The van der Waals surface area contributed by atoms with Crippen molar-refractivity contribution in [3.63, 3.8) is 0 Å². The van der Waals surface area contributed by atoms with Crippen LogP contribution in [0.3, 0.4) is 0 Å². The lowest BCUT2D eigenvalue weighted by Gasteiger charge is -2.27. The third-order valence-electron chi connectivity index (χ3n) is 5.73. The van der Waals surface area contributed by atoms with Gasteiger partial charge in [-0.3, -0.25) is 9.59 Å². The molecule has 1 aliphatic heterocycles. The van der Waals surface area contributed by atoms with Gasteiger partial charge < -0.3 is 29.1 Å². The number of Topliss-reactive ketones (excluding diaryl/α,β-unsaturated/α-hetero) is 1. The Morgan fingerprint density at radius 1 is 1.03 bits per heavy atom. The lowest BCUT2D eigenvalue weighted by atomic mass is 9.95. The lowest BCUT2D eigenvalue weighted by molar-refractivity contribution is -0.140. The standard InChI is InChI=1S/C27H34N2O6/c1-6-16-35-21-13-10-19(17-22(21)33-5)24-23(26(31)27(32)29(24)15-14-28(3)4)25(30)18-8-11-20(12-9-18)34-7-2/h8-13,17,24,30H,6-7,14-16H2,1-5H3/b25-23+/t24-/m1/s1. The number of carbonyl (C=O) groups excluding carboxylic acids is 2. The Balaban J connectivity index is 2.11. The second-order valence-electron chi connectivity index (χ2n) is 8.51. The number of benzene rings is 2. The highest BCUT2D eigenvalue weighted by Crippen LogP contribution is 2.42. The summed E-state index contributed by atoms with van der Waals surface area (Å²) in [5.74, 6) is 0.138. The van der Waals surface area contributed by atoms with Crippen LogP contribution >= 0.6 is 0 Å². The fourth-order valence-corrected chi connectivity index (χ4v) is 3.98. The number of aliphatic hydroxyl groups is 1. The Morgan fingerprint density at radius 2 is 1.74 bits per heavy atom. The van der Waals surface area contributed by atoms with Crippen molar-refractivity contribution in [1.29, 1.82) is 0 Å². The molecule has 35 heavy (non-hydrogen) atoms. The van der Waals surface area contributed by atoms with Crippen LogP contribution < -0.4 is 14.2 Å². The predicted molar refractivity (Wildman–Crippen MR) is 134 cm³/mol. The minimum atomic E-state index is -0.768. The number of carbonyl (C=O) groups is 2. The molecule has 1 fully saturated rings. The Labute approximate surface area is 206 Å². The number of methoxy groups -OCH3 is 1. The first-order valence-electron chi connectivity index (χ1n) is 11.8. The summed E-state index contributed by atoms with van der Waals surface area (Å²) < 4.78 is 16.8. The summed E-state index contributed by atoms with van der Waals surface area (Å²) in [7, 11) is 5.34. The predicted octanol–water partition coefficient (Wildman–Crippen LogP) is 3.87. The van der Waals surface area contributed by atoms with Crippen molar-refractivity contribution in [2.24, 2.45) is 0 Å². The van der Waals surface area contributed by atoms with Crippen molar-refractivity contribution in [2.75, 3.05) is 47.5 Å². The van der Waals surface area contributed by atoms with Gasteiger partial charge in [0.1, 0.15) is 11.5 Å². The summed E-state index contributed by atoms with van der Waals surface area (Å²) >= 11 is 0. The number of likely N-dealkylation sites (N-methyl/N-ethyl adjacent to an activating group) is 1. The molecule has 2 aromatic carbocycles. The molecule has 1 aliphatic rings. The number of rotatable bonds is 11. The average molecular weight is 483 g/mol. The first-order chi connectivity index (χ1) is 16.8. The minimum absolute atomic E-state index is 0.0437. The molecule has 2 aromatic rings. The number of ether oxygens (including phenoxy) is 3. The Morgan fingerprint density at radius 3 is 2.34 bits per heavy atom. The molecule has 1 atom stereocenters. The van der Waals surface area contributed by atoms with Gasteiger partial charge in [0.25, 0.3) is 11.7 Å². The van der Waals surface area contributed by atoms with Crippen molar-refractivity contribution in [2.45, 2.75) is 26.3 Å². The molecule has 1 N–H and O–H groups in total. The van der Waals surface area contributed by atoms with Crippen LogP contribution in [0, 0.1) is 0 Å². The molecule has 0 bridgehead atoms. The second-order valence-corrected chi connectivity index (χ2v) is 8.51. The first-order valence-corrected chi connectivity index (χ1v) is 11.8. The van der Waals surface area contributed by atoms with Gasteiger partial charge in [-0.25, -0.2) is 0 Å². The first kappa shape index (κ1) is 26.1. The van der Waals surface area contributed by atoms with E-state index in [4.69, 9.17) is 14.2 Å². The van der Waals surface area contributed by atoms with E-state index in [2.05, 4.69) is 0 Å². The number of ketones is 1. The van der Waals surface area contributed by atoms with Crippen molar-refractivity contribution in [1.82, 2.24) is 9.80 Å². The monoisotopic (exact) mass is 482 g/mol. The molecule has 0 unspecified atom stereocenters. The molecule has 8 nitrogen and oxygen atoms in total. The van der Waals surface area contributed by atoms with E-state index < -0.39 is 17.7 Å². The van der Waals surface area contributed by atoms with Gasteiger partial charge in [0.05, 0.1) is 31.9 Å². The maximum absolute atomic E-state index is 13.2. The van der Waals surface area contributed by atoms with Crippen LogP contribution in [0.4, 0.5) is 0 Å². The van der Waals surface area contributed by atoms with Crippen LogP contribution in [0.5, 0.6) is 17.2 Å². The van der Waals surface area contributed by atoms with E-state index in [1.165, 1.54) is 4.90 Å². The summed E-state index contributed by atoms with van der Waals surface area (Å²) in [4.78, 5) is 29.7. The fraction of sp³-hybridized carbons (Fsp3) is 0.407. The quantitative estimate of drug-likeness (QED) is 0.296. The van der Waals surface area contributed by atoms with Crippen LogP contribution in [-0.4, -0.2) is 74.1 Å². The number of likely N-dealkylation sites (tertiary alicyclic amines) is 1. The van der Waals surface area contributed by atoms with Gasteiger partial charge in [-0.2, -0.15) is 0 Å². The number of hydrogen-bond donors (Lipinski definition) is 1. The van der Waals surface area contributed by atoms with E-state index >= 15 is 0 Å². The zero-order valence-electron chi connectivity index (χ0n) is 21.0. The van der Waals surface area contributed by atoms with E-state index in [0.29, 0.717) is 54.7 Å². The number of amides is 1. The highest BCUT2D eigenvalue weighted by atomic mass is 16.5. The van der Waals surface area contributed by atoms with Gasteiger partial charge in [0, 0.05) is 18.7 Å². The summed E-state index contributed by atoms with van der Waals surface area (Å²) in [5, 5.41) is 11.2. The zero-order chi connectivity index (χ0) is 25.5. The maximum atomic E-state index is 13.2. The molecule has 0 radical (unpaired) electrons. The van der Waals surface area contributed by atoms with E-state index in [1.54, 1.807) is 49.6 Å². The SMILES string of the molecule is CCCOc1ccc([C@@H]2/C(=C(\O)c3ccc(OCC)cc3)C(=O)C(=O)N2CCN(C)C)cc1OC. The third kappa shape index (κ3) is 5.77. The van der Waals surface area contributed by atoms with Gasteiger partial charge in [0.15, 0.2) is 11.5 Å². The van der Waals surface area contributed by atoms with Crippen LogP contribution in [0.25, 0.3) is 5.76 Å². The fourth-order valence-electron chi connectivity index (χ4n) is 3.98. The minimum Gasteiger partial charge on any atom is -0.507 e. The van der Waals surface area contributed by atoms with Crippen LogP contribution in [0.2, 0.25) is 0 Å². The highest BCUT2D eigenvalue weighted by molar-refractivity contribution is 6.46. The average Bonchev–Trinajstić information content (AvgIpc) is 3.11. The summed E-state index contributed by atoms with van der Waals surface area (Å²) in [5.41, 5.74) is 1.12. The van der Waals surface area contributed by atoms with E-state index in [9.17, 15) is 14.7 Å². The normalized spacial score (nSPS) is 17.2. The molecule has 0 aromatic heterocycles. The Hall–Kier alpha value is -3.52. The molecule has 0 aliphatic carbocycles. The van der Waals surface area contributed by atoms with Crippen molar-refractivity contribution in [3.8, 4) is 17.2 Å². The van der Waals surface area contributed by atoms with E-state index in [0.717, 1.165) is 6.42 Å². The molecule has 1 amide bonds. The molecule has 1 heterocycles. The topological polar surface area (TPSA) is 88.5 Å². The second kappa shape index (κ2) is 11.8. The summed E-state index contributed by atoms with van der Waals surface area (Å²) in [6.45, 7) is 5.83. The molecular weight excluding hydrogens is 448 g/mol. The molecule has 3 rings (SSSR count). The van der Waals surface area contributed by atoms with E-state index in [1.807, 2.05) is 32.8 Å². The number of nitrogens with zero attached hydrogens (tertiary/aromatic N) is 2. The zero-order valence-corrected chi connectivity index (χ0v) is 21.0. The van der Waals surface area contributed by atoms with Crippen molar-refractivity contribution >= 4 is 17.4 Å². The van der Waals surface area contributed by atoms with Crippen LogP contribution in [-0.2, 0) is 9.59 Å². The third-order valence-corrected chi connectivity index (χ3v) is 5.73. The molecule has 188 valence electrons. The van der Waals surface area contributed by atoms with Gasteiger partial charge in [-0.15, -0.1) is 0 Å². The largest absolute Gasteiger partial charge is 0.507 e. The van der Waals surface area contributed by atoms with Crippen LogP contribution in [0.1, 0.15) is 37.4 Å². The smallest absolute Gasteiger partial charge is 0.295 e. The van der Waals surface area contributed by atoms with Crippen molar-refractivity contribution in [3.05, 3.63) is 59.2 Å². The maximum Gasteiger partial charge on any atom is 0.295 e. The van der Waals surface area contributed by atoms with Crippen molar-refractivity contribution < 1.29 is 28.9 Å². The summed E-state index contributed by atoms with van der Waals surface area (Å²) in [6, 6.07) is 11.4. The molecule has 1 saturated heterocycles. The van der Waals surface area contributed by atoms with Gasteiger partial charge in [0.2, 0.25) is 0 Å². The molecule has 0 saturated carbocycles. The van der Waals surface area contributed by atoms with Gasteiger partial charge in [-0.1, -0.05) is 13.0 Å². The molecule has 8 heteroatoms.